The van der Waals surface area contributed by atoms with Crippen molar-refractivity contribution in [2.24, 2.45) is 5.41 Å². The summed E-state index contributed by atoms with van der Waals surface area (Å²) in [7, 11) is 0. The molecule has 1 aromatic carbocycles. The fourth-order valence-corrected chi connectivity index (χ4v) is 3.65. The van der Waals surface area contributed by atoms with Gasteiger partial charge in [-0.15, -0.1) is 11.8 Å². The van der Waals surface area contributed by atoms with Crippen LogP contribution in [0, 0.1) is 5.41 Å². The van der Waals surface area contributed by atoms with Gasteiger partial charge in [-0.05, 0) is 55.9 Å². The van der Waals surface area contributed by atoms with Crippen LogP contribution in [0.4, 0.5) is 0 Å². The van der Waals surface area contributed by atoms with E-state index in [2.05, 4.69) is 19.2 Å². The monoisotopic (exact) mass is 311 g/mol. The SMILES string of the molecule is CC(Sc1ccc(Cl)cc1)C(=O)NC1CCC(C)(C)C1. The van der Waals surface area contributed by atoms with Crippen LogP contribution >= 0.6 is 23.4 Å². The molecule has 1 saturated carbocycles. The number of hydrogen-bond donors (Lipinski definition) is 1. The van der Waals surface area contributed by atoms with Gasteiger partial charge in [0.1, 0.15) is 0 Å². The van der Waals surface area contributed by atoms with Crippen LogP contribution in [0.25, 0.3) is 0 Å². The van der Waals surface area contributed by atoms with E-state index in [4.69, 9.17) is 11.6 Å². The number of carbonyl (C=O) groups excluding carboxylic acids is 1. The molecule has 2 unspecified atom stereocenters. The minimum atomic E-state index is -0.0834. The van der Waals surface area contributed by atoms with Crippen LogP contribution in [0.2, 0.25) is 5.02 Å². The third-order valence-corrected chi connectivity index (χ3v) is 5.17. The van der Waals surface area contributed by atoms with E-state index >= 15 is 0 Å². The van der Waals surface area contributed by atoms with Crippen molar-refractivity contribution in [3.05, 3.63) is 29.3 Å². The predicted molar refractivity (Wildman–Crippen MR) is 86.3 cm³/mol. The van der Waals surface area contributed by atoms with Crippen molar-refractivity contribution in [2.75, 3.05) is 0 Å². The molecule has 1 N–H and O–H groups in total. The number of amides is 1. The Morgan fingerprint density at radius 3 is 2.60 bits per heavy atom. The molecule has 0 aliphatic heterocycles. The minimum absolute atomic E-state index is 0.0834. The molecule has 0 heterocycles. The summed E-state index contributed by atoms with van der Waals surface area (Å²) >= 11 is 7.44. The predicted octanol–water partition coefficient (Wildman–Crippen LogP) is 4.52. The molecule has 110 valence electrons. The molecule has 0 saturated heterocycles. The third-order valence-electron chi connectivity index (χ3n) is 3.81. The zero-order valence-electron chi connectivity index (χ0n) is 12.3. The maximum atomic E-state index is 12.2. The van der Waals surface area contributed by atoms with E-state index in [0.717, 1.165) is 22.8 Å². The summed E-state index contributed by atoms with van der Waals surface area (Å²) in [6.45, 7) is 6.49. The molecule has 1 aliphatic carbocycles. The van der Waals surface area contributed by atoms with Crippen molar-refractivity contribution in [2.45, 2.75) is 56.2 Å². The molecule has 2 nitrogen and oxygen atoms in total. The van der Waals surface area contributed by atoms with Gasteiger partial charge < -0.3 is 5.32 Å². The lowest BCUT2D eigenvalue weighted by Gasteiger charge is -2.19. The number of hydrogen-bond acceptors (Lipinski definition) is 2. The molecule has 1 aliphatic rings. The number of benzene rings is 1. The molecule has 2 atom stereocenters. The molecule has 0 spiro atoms. The van der Waals surface area contributed by atoms with Gasteiger partial charge in [0.25, 0.3) is 0 Å². The summed E-state index contributed by atoms with van der Waals surface area (Å²) in [6.07, 6.45) is 3.37. The highest BCUT2D eigenvalue weighted by atomic mass is 35.5. The fourth-order valence-electron chi connectivity index (χ4n) is 2.65. The van der Waals surface area contributed by atoms with Crippen molar-refractivity contribution in [3.8, 4) is 0 Å². The van der Waals surface area contributed by atoms with Gasteiger partial charge >= 0.3 is 0 Å². The molecule has 1 amide bonds. The second kappa shape index (κ2) is 6.40. The van der Waals surface area contributed by atoms with E-state index in [9.17, 15) is 4.79 Å². The van der Waals surface area contributed by atoms with E-state index in [1.165, 1.54) is 6.42 Å². The van der Waals surface area contributed by atoms with Crippen molar-refractivity contribution >= 4 is 29.3 Å². The summed E-state index contributed by atoms with van der Waals surface area (Å²) in [5.41, 5.74) is 0.366. The third kappa shape index (κ3) is 4.42. The number of carbonyl (C=O) groups is 1. The highest BCUT2D eigenvalue weighted by molar-refractivity contribution is 8.00. The molecular formula is C16H22ClNOS. The lowest BCUT2D eigenvalue weighted by molar-refractivity contribution is -0.121. The molecule has 0 aromatic heterocycles. The first-order valence-electron chi connectivity index (χ1n) is 7.08. The normalized spacial score (nSPS) is 22.5. The Bertz CT molecular complexity index is 472. The van der Waals surface area contributed by atoms with Gasteiger partial charge in [0.2, 0.25) is 5.91 Å². The zero-order chi connectivity index (χ0) is 14.8. The van der Waals surface area contributed by atoms with Crippen molar-refractivity contribution in [1.82, 2.24) is 5.32 Å². The molecule has 1 aromatic rings. The quantitative estimate of drug-likeness (QED) is 0.829. The molecule has 4 heteroatoms. The largest absolute Gasteiger partial charge is 0.352 e. The van der Waals surface area contributed by atoms with E-state index in [0.29, 0.717) is 11.5 Å². The fraction of sp³-hybridized carbons (Fsp3) is 0.562. The standard InChI is InChI=1S/C16H22ClNOS/c1-11(20-14-6-4-12(17)5-7-14)15(19)18-13-8-9-16(2,3)10-13/h4-7,11,13H,8-10H2,1-3H3,(H,18,19). The van der Waals surface area contributed by atoms with E-state index < -0.39 is 0 Å². The highest BCUT2D eigenvalue weighted by Gasteiger charge is 2.32. The summed E-state index contributed by atoms with van der Waals surface area (Å²) in [5.74, 6) is 0.132. The first-order valence-corrected chi connectivity index (χ1v) is 8.34. The lowest BCUT2D eigenvalue weighted by Crippen LogP contribution is -2.38. The van der Waals surface area contributed by atoms with Gasteiger partial charge in [-0.1, -0.05) is 25.4 Å². The maximum Gasteiger partial charge on any atom is 0.233 e. The van der Waals surface area contributed by atoms with Crippen molar-refractivity contribution in [3.63, 3.8) is 0 Å². The Morgan fingerprint density at radius 1 is 1.40 bits per heavy atom. The van der Waals surface area contributed by atoms with Gasteiger partial charge in [0.05, 0.1) is 5.25 Å². The Balaban J connectivity index is 1.85. The van der Waals surface area contributed by atoms with Crippen LogP contribution in [0.5, 0.6) is 0 Å². The second-order valence-corrected chi connectivity index (χ2v) is 8.18. The maximum absolute atomic E-state index is 12.2. The van der Waals surface area contributed by atoms with Crippen LogP contribution in [0.15, 0.2) is 29.2 Å². The van der Waals surface area contributed by atoms with Gasteiger partial charge in [-0.3, -0.25) is 4.79 Å². The minimum Gasteiger partial charge on any atom is -0.352 e. The van der Waals surface area contributed by atoms with Crippen LogP contribution < -0.4 is 5.32 Å². The number of nitrogens with one attached hydrogen (secondary N) is 1. The number of thioether (sulfide) groups is 1. The highest BCUT2D eigenvalue weighted by Crippen LogP contribution is 2.37. The average Bonchev–Trinajstić information content (AvgIpc) is 2.71. The summed E-state index contributed by atoms with van der Waals surface area (Å²) in [5, 5.41) is 3.82. The van der Waals surface area contributed by atoms with Gasteiger partial charge in [0, 0.05) is 16.0 Å². The molecule has 1 fully saturated rings. The van der Waals surface area contributed by atoms with Crippen LogP contribution in [0.3, 0.4) is 0 Å². The Kier molecular flexibility index (Phi) is 5.03. The summed E-state index contributed by atoms with van der Waals surface area (Å²) in [6, 6.07) is 7.96. The average molecular weight is 312 g/mol. The van der Waals surface area contributed by atoms with E-state index in [-0.39, 0.29) is 11.2 Å². The first-order chi connectivity index (χ1) is 9.35. The zero-order valence-corrected chi connectivity index (χ0v) is 13.9. The molecule has 20 heavy (non-hydrogen) atoms. The van der Waals surface area contributed by atoms with Crippen molar-refractivity contribution in [1.29, 1.82) is 0 Å². The van der Waals surface area contributed by atoms with Crippen LogP contribution in [-0.2, 0) is 4.79 Å². The van der Waals surface area contributed by atoms with Gasteiger partial charge in [-0.2, -0.15) is 0 Å². The summed E-state index contributed by atoms with van der Waals surface area (Å²) < 4.78 is 0. The number of halogens is 1. The smallest absolute Gasteiger partial charge is 0.233 e. The Hall–Kier alpha value is -0.670. The second-order valence-electron chi connectivity index (χ2n) is 6.33. The number of rotatable bonds is 4. The van der Waals surface area contributed by atoms with Crippen LogP contribution in [0.1, 0.15) is 40.0 Å². The molecular weight excluding hydrogens is 290 g/mol. The molecule has 0 radical (unpaired) electrons. The van der Waals surface area contributed by atoms with E-state index in [1.807, 2.05) is 31.2 Å². The first kappa shape index (κ1) is 15.7. The summed E-state index contributed by atoms with van der Waals surface area (Å²) in [4.78, 5) is 13.3. The van der Waals surface area contributed by atoms with E-state index in [1.54, 1.807) is 11.8 Å². The Labute approximate surface area is 130 Å². The molecule has 2 rings (SSSR count). The molecule has 0 bridgehead atoms. The van der Waals surface area contributed by atoms with Crippen molar-refractivity contribution < 1.29 is 4.79 Å². The lowest BCUT2D eigenvalue weighted by atomic mass is 9.92. The van der Waals surface area contributed by atoms with Crippen LogP contribution in [-0.4, -0.2) is 17.2 Å². The Morgan fingerprint density at radius 2 is 2.05 bits per heavy atom. The topological polar surface area (TPSA) is 29.1 Å². The van der Waals surface area contributed by atoms with Gasteiger partial charge in [-0.25, -0.2) is 0 Å². The van der Waals surface area contributed by atoms with Gasteiger partial charge in [0.15, 0.2) is 0 Å².